The van der Waals surface area contributed by atoms with Crippen molar-refractivity contribution in [1.82, 2.24) is 0 Å². The lowest BCUT2D eigenvalue weighted by Gasteiger charge is -2.11. The molecule has 0 spiro atoms. The first-order valence-corrected chi connectivity index (χ1v) is 3.59. The zero-order chi connectivity index (χ0) is 9.56. The summed E-state index contributed by atoms with van der Waals surface area (Å²) in [6, 6.07) is 0. The molecule has 4 nitrogen and oxygen atoms in total. The minimum absolute atomic E-state index is 0.0415. The molecule has 0 aliphatic rings. The van der Waals surface area contributed by atoms with E-state index < -0.39 is 5.97 Å². The number of rotatable bonds is 6. The second-order valence-electron chi connectivity index (χ2n) is 2.49. The van der Waals surface area contributed by atoms with E-state index in [2.05, 4.69) is 6.58 Å². The Morgan fingerprint density at radius 1 is 1.67 bits per heavy atom. The molecule has 0 saturated heterocycles. The van der Waals surface area contributed by atoms with Crippen molar-refractivity contribution in [3.05, 3.63) is 12.2 Å². The molecule has 12 heavy (non-hydrogen) atoms. The zero-order valence-electron chi connectivity index (χ0n) is 7.37. The van der Waals surface area contributed by atoms with Gasteiger partial charge in [0.1, 0.15) is 0 Å². The van der Waals surface area contributed by atoms with E-state index in [1.165, 1.54) is 0 Å². The highest BCUT2D eigenvalue weighted by Gasteiger charge is 2.06. The first-order valence-electron chi connectivity index (χ1n) is 3.59. The number of methoxy groups -OCH3 is 1. The SMILES string of the molecule is C=C(COC(C)COC)C(=O)O. The summed E-state index contributed by atoms with van der Waals surface area (Å²) in [5.41, 5.74) is 0.0537. The molecule has 0 aliphatic heterocycles. The molecule has 1 N–H and O–H groups in total. The molecule has 0 aromatic carbocycles. The Bertz CT molecular complexity index is 164. The lowest BCUT2D eigenvalue weighted by molar-refractivity contribution is -0.133. The second kappa shape index (κ2) is 5.74. The normalized spacial score (nSPS) is 12.5. The quantitative estimate of drug-likeness (QED) is 0.601. The molecular weight excluding hydrogens is 160 g/mol. The van der Waals surface area contributed by atoms with Crippen LogP contribution in [0, 0.1) is 0 Å². The first kappa shape index (κ1) is 11.1. The Kier molecular flexibility index (Phi) is 5.32. The van der Waals surface area contributed by atoms with Crippen LogP contribution in [0.15, 0.2) is 12.2 Å². The van der Waals surface area contributed by atoms with E-state index in [1.807, 2.05) is 0 Å². The highest BCUT2D eigenvalue weighted by Crippen LogP contribution is 1.96. The van der Waals surface area contributed by atoms with Crippen LogP contribution in [0.1, 0.15) is 6.92 Å². The van der Waals surface area contributed by atoms with Crippen LogP contribution < -0.4 is 0 Å². The van der Waals surface area contributed by atoms with Gasteiger partial charge in [0, 0.05) is 7.11 Å². The van der Waals surface area contributed by atoms with E-state index in [-0.39, 0.29) is 18.3 Å². The maximum atomic E-state index is 10.3. The van der Waals surface area contributed by atoms with Crippen molar-refractivity contribution in [1.29, 1.82) is 0 Å². The number of aliphatic carboxylic acids is 1. The minimum Gasteiger partial charge on any atom is -0.478 e. The fourth-order valence-electron chi connectivity index (χ4n) is 0.587. The van der Waals surface area contributed by atoms with Gasteiger partial charge in [-0.1, -0.05) is 6.58 Å². The molecule has 0 aromatic rings. The van der Waals surface area contributed by atoms with E-state index in [0.29, 0.717) is 6.61 Å². The number of ether oxygens (including phenoxy) is 2. The second-order valence-corrected chi connectivity index (χ2v) is 2.49. The Balaban J connectivity index is 3.54. The van der Waals surface area contributed by atoms with Gasteiger partial charge in [0.05, 0.1) is 24.9 Å². The van der Waals surface area contributed by atoms with Gasteiger partial charge < -0.3 is 14.6 Å². The van der Waals surface area contributed by atoms with Crippen molar-refractivity contribution in [3.63, 3.8) is 0 Å². The van der Waals surface area contributed by atoms with E-state index in [0.717, 1.165) is 0 Å². The molecule has 0 amide bonds. The fourth-order valence-corrected chi connectivity index (χ4v) is 0.587. The fraction of sp³-hybridized carbons (Fsp3) is 0.625. The summed E-state index contributed by atoms with van der Waals surface area (Å²) in [5.74, 6) is -1.03. The third-order valence-electron chi connectivity index (χ3n) is 1.25. The van der Waals surface area contributed by atoms with Crippen LogP contribution in [-0.4, -0.2) is 37.5 Å². The Labute approximate surface area is 71.8 Å². The maximum Gasteiger partial charge on any atom is 0.333 e. The number of hydrogen-bond acceptors (Lipinski definition) is 3. The predicted octanol–water partition coefficient (Wildman–Crippen LogP) is 0.679. The molecule has 0 saturated carbocycles. The van der Waals surface area contributed by atoms with Crippen LogP contribution in [0.4, 0.5) is 0 Å². The summed E-state index contributed by atoms with van der Waals surface area (Å²) in [4.78, 5) is 10.3. The van der Waals surface area contributed by atoms with E-state index in [9.17, 15) is 4.79 Å². The highest BCUT2D eigenvalue weighted by molar-refractivity contribution is 5.85. The van der Waals surface area contributed by atoms with Gasteiger partial charge in [0.25, 0.3) is 0 Å². The third kappa shape index (κ3) is 4.87. The van der Waals surface area contributed by atoms with E-state index >= 15 is 0 Å². The van der Waals surface area contributed by atoms with Gasteiger partial charge in [-0.15, -0.1) is 0 Å². The molecule has 4 heteroatoms. The summed E-state index contributed by atoms with van der Waals surface area (Å²) in [5, 5.41) is 8.41. The van der Waals surface area contributed by atoms with Gasteiger partial charge in [0.15, 0.2) is 0 Å². The monoisotopic (exact) mass is 174 g/mol. The van der Waals surface area contributed by atoms with Crippen LogP contribution in [0.3, 0.4) is 0 Å². The third-order valence-corrected chi connectivity index (χ3v) is 1.25. The molecule has 0 fully saturated rings. The van der Waals surface area contributed by atoms with Crippen LogP contribution >= 0.6 is 0 Å². The van der Waals surface area contributed by atoms with Crippen LogP contribution in [0.25, 0.3) is 0 Å². The molecule has 0 bridgehead atoms. The first-order chi connectivity index (χ1) is 5.57. The average Bonchev–Trinajstić information content (AvgIpc) is 2.00. The van der Waals surface area contributed by atoms with Gasteiger partial charge in [-0.2, -0.15) is 0 Å². The van der Waals surface area contributed by atoms with Crippen LogP contribution in [0.5, 0.6) is 0 Å². The Morgan fingerprint density at radius 3 is 2.67 bits per heavy atom. The van der Waals surface area contributed by atoms with E-state index in [1.54, 1.807) is 14.0 Å². The largest absolute Gasteiger partial charge is 0.478 e. The molecular formula is C8H14O4. The molecule has 0 aliphatic carbocycles. The lowest BCUT2D eigenvalue weighted by atomic mass is 10.3. The number of carboxylic acid groups (broad SMARTS) is 1. The number of carbonyl (C=O) groups is 1. The number of carboxylic acids is 1. The number of hydrogen-bond donors (Lipinski definition) is 1. The Hall–Kier alpha value is -0.870. The summed E-state index contributed by atoms with van der Waals surface area (Å²) < 4.78 is 9.89. The van der Waals surface area contributed by atoms with Gasteiger partial charge in [0.2, 0.25) is 0 Å². The van der Waals surface area contributed by atoms with Crippen molar-refractivity contribution < 1.29 is 19.4 Å². The van der Waals surface area contributed by atoms with Gasteiger partial charge >= 0.3 is 5.97 Å². The summed E-state index contributed by atoms with van der Waals surface area (Å²) in [6.07, 6.45) is -0.105. The van der Waals surface area contributed by atoms with Gasteiger partial charge in [-0.25, -0.2) is 4.79 Å². The maximum absolute atomic E-state index is 10.3. The van der Waals surface area contributed by atoms with Crippen LogP contribution in [-0.2, 0) is 14.3 Å². The molecule has 70 valence electrons. The van der Waals surface area contributed by atoms with Gasteiger partial charge in [-0.05, 0) is 6.92 Å². The molecule has 1 unspecified atom stereocenters. The summed E-state index contributed by atoms with van der Waals surface area (Å²) >= 11 is 0. The standard InChI is InChI=1S/C8H14O4/c1-6(8(9)10)4-12-7(2)5-11-3/h7H,1,4-5H2,2-3H3,(H,9,10). The molecule has 0 heterocycles. The summed E-state index contributed by atoms with van der Waals surface area (Å²) in [6.45, 7) is 5.62. The van der Waals surface area contributed by atoms with Crippen molar-refractivity contribution in [2.24, 2.45) is 0 Å². The topological polar surface area (TPSA) is 55.8 Å². The minimum atomic E-state index is -1.03. The van der Waals surface area contributed by atoms with Crippen LogP contribution in [0.2, 0.25) is 0 Å². The Morgan fingerprint density at radius 2 is 2.25 bits per heavy atom. The van der Waals surface area contributed by atoms with Crippen molar-refractivity contribution in [2.45, 2.75) is 13.0 Å². The average molecular weight is 174 g/mol. The summed E-state index contributed by atoms with van der Waals surface area (Å²) in [7, 11) is 1.56. The zero-order valence-corrected chi connectivity index (χ0v) is 7.37. The smallest absolute Gasteiger partial charge is 0.333 e. The van der Waals surface area contributed by atoms with Gasteiger partial charge in [-0.3, -0.25) is 0 Å². The van der Waals surface area contributed by atoms with Crippen molar-refractivity contribution >= 4 is 5.97 Å². The molecule has 1 atom stereocenters. The molecule has 0 rings (SSSR count). The molecule has 0 radical (unpaired) electrons. The predicted molar refractivity (Wildman–Crippen MR) is 44.1 cm³/mol. The van der Waals surface area contributed by atoms with E-state index in [4.69, 9.17) is 14.6 Å². The highest BCUT2D eigenvalue weighted by atomic mass is 16.5. The van der Waals surface area contributed by atoms with Crippen molar-refractivity contribution in [3.8, 4) is 0 Å². The van der Waals surface area contributed by atoms with Crippen molar-refractivity contribution in [2.75, 3.05) is 20.3 Å². The molecule has 0 aromatic heterocycles. The lowest BCUT2D eigenvalue weighted by Crippen LogP contribution is -2.18.